The van der Waals surface area contributed by atoms with Crippen LogP contribution in [-0.2, 0) is 16.2 Å². The Hall–Kier alpha value is -4.52. The van der Waals surface area contributed by atoms with E-state index < -0.39 is 41.0 Å². The van der Waals surface area contributed by atoms with Gasteiger partial charge in [-0.05, 0) is 37.6 Å². The summed E-state index contributed by atoms with van der Waals surface area (Å²) in [5.74, 6) is -3.17. The molecule has 1 aliphatic rings. The zero-order valence-electron chi connectivity index (χ0n) is 19.8. The van der Waals surface area contributed by atoms with Crippen molar-refractivity contribution in [3.8, 4) is 5.75 Å². The number of amides is 3. The number of carbonyl (C=O) groups is 3. The van der Waals surface area contributed by atoms with Crippen molar-refractivity contribution < 1.29 is 27.9 Å². The lowest BCUT2D eigenvalue weighted by molar-refractivity contribution is -0.135. The lowest BCUT2D eigenvalue weighted by Crippen LogP contribution is -2.45. The van der Waals surface area contributed by atoms with Gasteiger partial charge in [0.25, 0.3) is 11.5 Å². The third-order valence-electron chi connectivity index (χ3n) is 5.92. The molecule has 3 amide bonds. The summed E-state index contributed by atoms with van der Waals surface area (Å²) in [4.78, 5) is 58.7. The largest absolute Gasteiger partial charge is 0.486 e. The number of hydrogen-bond acceptors (Lipinski definition) is 8. The molecule has 0 aliphatic carbocycles. The van der Waals surface area contributed by atoms with Gasteiger partial charge in [0.15, 0.2) is 11.6 Å². The quantitative estimate of drug-likeness (QED) is 0.360. The number of carbonyl (C=O) groups excluding carboxylic acids is 3. The number of ether oxygens (including phenoxy) is 1. The van der Waals surface area contributed by atoms with E-state index in [0.29, 0.717) is 5.01 Å². The van der Waals surface area contributed by atoms with Crippen molar-refractivity contribution >= 4 is 45.6 Å². The Morgan fingerprint density at radius 1 is 1.18 bits per heavy atom. The van der Waals surface area contributed by atoms with Crippen LogP contribution in [0.2, 0.25) is 0 Å². The summed E-state index contributed by atoms with van der Waals surface area (Å²) in [7, 11) is 0. The minimum absolute atomic E-state index is 0.0576. The number of piperidine rings is 1. The summed E-state index contributed by atoms with van der Waals surface area (Å²) < 4.78 is 33.1. The molecule has 1 unspecified atom stereocenters. The van der Waals surface area contributed by atoms with E-state index in [-0.39, 0.29) is 53.3 Å². The molecule has 1 saturated heterocycles. The van der Waals surface area contributed by atoms with Crippen LogP contribution >= 0.6 is 11.3 Å². The summed E-state index contributed by atoms with van der Waals surface area (Å²) in [6.45, 7) is 1.51. The number of imide groups is 1. The minimum atomic E-state index is -1.04. The maximum absolute atomic E-state index is 13.4. The van der Waals surface area contributed by atoms with Gasteiger partial charge in [0.2, 0.25) is 11.8 Å². The molecule has 2 N–H and O–H groups in total. The van der Waals surface area contributed by atoms with Gasteiger partial charge in [-0.25, -0.2) is 18.7 Å². The van der Waals surface area contributed by atoms with Gasteiger partial charge in [-0.15, -0.1) is 11.3 Å². The summed E-state index contributed by atoms with van der Waals surface area (Å²) in [5, 5.41) is 7.08. The third-order valence-corrected chi connectivity index (χ3v) is 6.74. The SMILES string of the molecule is Cc1nc2c(NC(=O)c3csc(COc4ccc(F)c(F)c4)n3)cccc2c(=O)n1C1CCC(=O)NC1=O. The van der Waals surface area contributed by atoms with Crippen molar-refractivity contribution in [2.24, 2.45) is 0 Å². The molecule has 2 aromatic heterocycles. The zero-order chi connectivity index (χ0) is 27.0. The Kier molecular flexibility index (Phi) is 6.68. The van der Waals surface area contributed by atoms with Gasteiger partial charge in [-0.2, -0.15) is 0 Å². The molecule has 2 aromatic carbocycles. The third kappa shape index (κ3) is 4.87. The van der Waals surface area contributed by atoms with Gasteiger partial charge < -0.3 is 10.1 Å². The number of hydrogen-bond donors (Lipinski definition) is 2. The number of nitrogens with zero attached hydrogens (tertiary/aromatic N) is 3. The molecular weight excluding hydrogens is 520 g/mol. The minimum Gasteiger partial charge on any atom is -0.486 e. The highest BCUT2D eigenvalue weighted by Crippen LogP contribution is 2.24. The van der Waals surface area contributed by atoms with Gasteiger partial charge in [-0.3, -0.25) is 29.1 Å². The fourth-order valence-electron chi connectivity index (χ4n) is 4.10. The Morgan fingerprint density at radius 2 is 2.00 bits per heavy atom. The van der Waals surface area contributed by atoms with Gasteiger partial charge in [0.1, 0.15) is 40.4 Å². The standard InChI is InChI=1S/C25H19F2N5O5S/c1-12-28-22-14(25(36)32(12)19-7-8-20(33)31-24(19)35)3-2-4-17(22)30-23(34)18-11-38-21(29-18)10-37-13-5-6-15(26)16(27)9-13/h2-6,9,11,19H,7-8,10H2,1H3,(H,30,34)(H,31,33,35). The Bertz CT molecular complexity index is 1670. The number of rotatable bonds is 6. The molecule has 10 nitrogen and oxygen atoms in total. The number of halogens is 2. The highest BCUT2D eigenvalue weighted by molar-refractivity contribution is 7.09. The normalized spacial score (nSPS) is 15.4. The second-order valence-electron chi connectivity index (χ2n) is 8.45. The maximum atomic E-state index is 13.4. The maximum Gasteiger partial charge on any atom is 0.275 e. The number of aryl methyl sites for hydroxylation is 1. The van der Waals surface area contributed by atoms with Crippen LogP contribution in [0.4, 0.5) is 14.5 Å². The van der Waals surface area contributed by atoms with Crippen molar-refractivity contribution in [2.45, 2.75) is 32.4 Å². The molecule has 0 saturated carbocycles. The van der Waals surface area contributed by atoms with Gasteiger partial charge in [-0.1, -0.05) is 6.07 Å². The van der Waals surface area contributed by atoms with Crippen molar-refractivity contribution in [1.29, 1.82) is 0 Å². The number of anilines is 1. The molecule has 0 spiro atoms. The van der Waals surface area contributed by atoms with Crippen LogP contribution in [0.5, 0.6) is 5.75 Å². The molecule has 4 aromatic rings. The average molecular weight is 540 g/mol. The van der Waals surface area contributed by atoms with Crippen LogP contribution in [0, 0.1) is 18.6 Å². The van der Waals surface area contributed by atoms with Gasteiger partial charge in [0, 0.05) is 17.9 Å². The monoisotopic (exact) mass is 539 g/mol. The topological polar surface area (TPSA) is 132 Å². The average Bonchev–Trinajstić information content (AvgIpc) is 3.36. The van der Waals surface area contributed by atoms with Crippen molar-refractivity contribution in [1.82, 2.24) is 19.9 Å². The molecule has 1 atom stereocenters. The van der Waals surface area contributed by atoms with E-state index in [4.69, 9.17) is 4.74 Å². The van der Waals surface area contributed by atoms with E-state index >= 15 is 0 Å². The first-order valence-corrected chi connectivity index (χ1v) is 12.3. The van der Waals surface area contributed by atoms with Crippen LogP contribution < -0.4 is 20.9 Å². The number of thiazole rings is 1. The number of benzene rings is 2. The lowest BCUT2D eigenvalue weighted by Gasteiger charge is -2.24. The highest BCUT2D eigenvalue weighted by Gasteiger charge is 2.30. The van der Waals surface area contributed by atoms with Crippen molar-refractivity contribution in [3.05, 3.63) is 80.3 Å². The smallest absolute Gasteiger partial charge is 0.275 e. The van der Waals surface area contributed by atoms with E-state index in [9.17, 15) is 28.0 Å². The lowest BCUT2D eigenvalue weighted by atomic mass is 10.1. The molecule has 0 bridgehead atoms. The van der Waals surface area contributed by atoms with Crippen molar-refractivity contribution in [2.75, 3.05) is 5.32 Å². The van der Waals surface area contributed by atoms with E-state index in [1.54, 1.807) is 25.1 Å². The Morgan fingerprint density at radius 3 is 2.76 bits per heavy atom. The summed E-state index contributed by atoms with van der Waals surface area (Å²) in [6, 6.07) is 6.99. The predicted molar refractivity (Wildman–Crippen MR) is 133 cm³/mol. The molecule has 1 fully saturated rings. The first kappa shape index (κ1) is 25.1. The fourth-order valence-corrected chi connectivity index (χ4v) is 4.79. The molecule has 13 heteroatoms. The van der Waals surface area contributed by atoms with E-state index in [2.05, 4.69) is 20.6 Å². The number of nitrogens with one attached hydrogen (secondary N) is 2. The fraction of sp³-hybridized carbons (Fsp3) is 0.200. The zero-order valence-corrected chi connectivity index (χ0v) is 20.6. The van der Waals surface area contributed by atoms with E-state index in [0.717, 1.165) is 23.5 Å². The van der Waals surface area contributed by atoms with Crippen LogP contribution in [-0.4, -0.2) is 32.3 Å². The predicted octanol–water partition coefficient (Wildman–Crippen LogP) is 3.25. The number of para-hydroxylation sites is 1. The number of aromatic nitrogens is 3. The van der Waals surface area contributed by atoms with Crippen molar-refractivity contribution in [3.63, 3.8) is 0 Å². The molecule has 1 aliphatic heterocycles. The Labute approximate surface area is 217 Å². The molecule has 194 valence electrons. The second kappa shape index (κ2) is 10.1. The molecule has 3 heterocycles. The van der Waals surface area contributed by atoms with Crippen LogP contribution in [0.15, 0.2) is 46.6 Å². The van der Waals surface area contributed by atoms with Crippen LogP contribution in [0.1, 0.15) is 40.2 Å². The molecule has 38 heavy (non-hydrogen) atoms. The first-order valence-electron chi connectivity index (χ1n) is 11.4. The number of fused-ring (bicyclic) bond motifs is 1. The molecule has 0 radical (unpaired) electrons. The van der Waals surface area contributed by atoms with E-state index in [1.807, 2.05) is 0 Å². The van der Waals surface area contributed by atoms with Crippen LogP contribution in [0.3, 0.4) is 0 Å². The second-order valence-corrected chi connectivity index (χ2v) is 9.39. The summed E-state index contributed by atoms with van der Waals surface area (Å²) >= 11 is 1.15. The summed E-state index contributed by atoms with van der Waals surface area (Å²) in [5.41, 5.74) is 0.132. The van der Waals surface area contributed by atoms with Gasteiger partial charge >= 0.3 is 0 Å². The van der Waals surface area contributed by atoms with E-state index in [1.165, 1.54) is 16.0 Å². The van der Waals surface area contributed by atoms with Crippen LogP contribution in [0.25, 0.3) is 10.9 Å². The first-order chi connectivity index (χ1) is 18.2. The van der Waals surface area contributed by atoms with Gasteiger partial charge in [0.05, 0.1) is 11.1 Å². The molecule has 5 rings (SSSR count). The Balaban J connectivity index is 1.35. The molecular formula is C25H19F2N5O5S. The highest BCUT2D eigenvalue weighted by atomic mass is 32.1. The summed E-state index contributed by atoms with van der Waals surface area (Å²) in [6.07, 6.45) is 0.291.